The van der Waals surface area contributed by atoms with Gasteiger partial charge >= 0.3 is 12.1 Å². The van der Waals surface area contributed by atoms with Gasteiger partial charge in [0.15, 0.2) is 0 Å². The fraction of sp³-hybridized carbons (Fsp3) is 0.615. The molecular formula is C13H15BrClF3O2. The van der Waals surface area contributed by atoms with E-state index in [1.807, 2.05) is 13.8 Å². The summed E-state index contributed by atoms with van der Waals surface area (Å²) in [6.45, 7) is 5.67. The van der Waals surface area contributed by atoms with Crippen LogP contribution in [-0.4, -0.2) is 18.8 Å². The molecular weight excluding hydrogens is 360 g/mol. The van der Waals surface area contributed by atoms with Crippen molar-refractivity contribution in [1.82, 2.24) is 0 Å². The first-order valence-electron chi connectivity index (χ1n) is 6.00. The summed E-state index contributed by atoms with van der Waals surface area (Å²) in [5.41, 5.74) is -0.356. The van der Waals surface area contributed by atoms with Gasteiger partial charge < -0.3 is 4.74 Å². The highest BCUT2D eigenvalue weighted by atomic mass is 79.9. The monoisotopic (exact) mass is 374 g/mol. The zero-order valence-electron chi connectivity index (χ0n) is 11.2. The third-order valence-electron chi connectivity index (χ3n) is 3.33. The Labute approximate surface area is 129 Å². The van der Waals surface area contributed by atoms with Crippen LogP contribution in [0.25, 0.3) is 0 Å². The van der Waals surface area contributed by atoms with Crippen LogP contribution in [0.2, 0.25) is 0 Å². The Morgan fingerprint density at radius 1 is 1.45 bits per heavy atom. The first-order chi connectivity index (χ1) is 9.01. The molecule has 7 heteroatoms. The first-order valence-corrected chi connectivity index (χ1v) is 7.17. The van der Waals surface area contributed by atoms with E-state index in [1.54, 1.807) is 6.92 Å². The highest BCUT2D eigenvalue weighted by Crippen LogP contribution is 2.60. The Balaban J connectivity index is 2.83. The van der Waals surface area contributed by atoms with E-state index in [0.29, 0.717) is 0 Å². The molecule has 1 rings (SSSR count). The fourth-order valence-electron chi connectivity index (χ4n) is 2.09. The van der Waals surface area contributed by atoms with Crippen LogP contribution in [0.5, 0.6) is 0 Å². The largest absolute Gasteiger partial charge is 0.466 e. The Morgan fingerprint density at radius 3 is 2.45 bits per heavy atom. The minimum atomic E-state index is -4.48. The standard InChI is InChI=1S/C13H15BrClF3O2/c1-4-20-11(19)10-8(12(10,2)3)5-7(15)6-9(14)13(16,17)18/h5-6,8,10H,4H2,1-3H3. The Kier molecular flexibility index (Phi) is 5.35. The van der Waals surface area contributed by atoms with Gasteiger partial charge in [-0.15, -0.1) is 0 Å². The van der Waals surface area contributed by atoms with Crippen LogP contribution in [0.15, 0.2) is 21.7 Å². The molecule has 1 saturated carbocycles. The van der Waals surface area contributed by atoms with Crippen LogP contribution in [0, 0.1) is 17.3 Å². The van der Waals surface area contributed by atoms with Gasteiger partial charge in [-0.3, -0.25) is 4.79 Å². The molecule has 0 aromatic carbocycles. The fourth-order valence-corrected chi connectivity index (χ4v) is 2.72. The average Bonchev–Trinajstić information content (AvgIpc) is 2.78. The smallest absolute Gasteiger partial charge is 0.422 e. The molecule has 20 heavy (non-hydrogen) atoms. The number of hydrogen-bond acceptors (Lipinski definition) is 2. The van der Waals surface area contributed by atoms with E-state index in [4.69, 9.17) is 16.3 Å². The summed E-state index contributed by atoms with van der Waals surface area (Å²) in [6.07, 6.45) is -2.22. The molecule has 0 spiro atoms. The SMILES string of the molecule is CCOC(=O)C1C(C=C(Cl)C=C(Br)C(F)(F)F)C1(C)C. The van der Waals surface area contributed by atoms with E-state index in [0.717, 1.165) is 6.08 Å². The van der Waals surface area contributed by atoms with Crippen molar-refractivity contribution in [3.05, 3.63) is 21.7 Å². The lowest BCUT2D eigenvalue weighted by atomic mass is 10.1. The maximum atomic E-state index is 12.3. The second-order valence-electron chi connectivity index (χ2n) is 5.12. The van der Waals surface area contributed by atoms with Gasteiger partial charge in [-0.05, 0) is 40.3 Å². The molecule has 0 amide bonds. The quantitative estimate of drug-likeness (QED) is 0.522. The number of hydrogen-bond donors (Lipinski definition) is 0. The predicted octanol–water partition coefficient (Wildman–Crippen LogP) is 4.79. The van der Waals surface area contributed by atoms with Crippen LogP contribution >= 0.6 is 27.5 Å². The lowest BCUT2D eigenvalue weighted by Gasteiger charge is -2.03. The third kappa shape index (κ3) is 4.01. The number of carbonyl (C=O) groups excluding carboxylic acids is 1. The average molecular weight is 376 g/mol. The van der Waals surface area contributed by atoms with Crippen molar-refractivity contribution in [3.8, 4) is 0 Å². The zero-order valence-corrected chi connectivity index (χ0v) is 13.6. The van der Waals surface area contributed by atoms with Crippen LogP contribution in [-0.2, 0) is 9.53 Å². The molecule has 1 fully saturated rings. The van der Waals surface area contributed by atoms with Gasteiger partial charge in [0.25, 0.3) is 0 Å². The van der Waals surface area contributed by atoms with E-state index < -0.39 is 10.7 Å². The van der Waals surface area contributed by atoms with E-state index in [9.17, 15) is 18.0 Å². The predicted molar refractivity (Wildman–Crippen MR) is 74.4 cm³/mol. The van der Waals surface area contributed by atoms with Crippen molar-refractivity contribution in [2.45, 2.75) is 26.9 Å². The van der Waals surface area contributed by atoms with Crippen molar-refractivity contribution in [3.63, 3.8) is 0 Å². The van der Waals surface area contributed by atoms with Crippen molar-refractivity contribution < 1.29 is 22.7 Å². The number of esters is 1. The number of alkyl halides is 3. The molecule has 0 aromatic rings. The van der Waals surface area contributed by atoms with Gasteiger partial charge in [-0.2, -0.15) is 13.2 Å². The van der Waals surface area contributed by atoms with E-state index in [1.165, 1.54) is 6.08 Å². The Bertz CT molecular complexity index is 455. The summed E-state index contributed by atoms with van der Waals surface area (Å²) in [5.74, 6) is -0.935. The Hall–Kier alpha value is -0.490. The summed E-state index contributed by atoms with van der Waals surface area (Å²) in [4.78, 5) is 11.7. The van der Waals surface area contributed by atoms with Gasteiger partial charge in [0, 0.05) is 5.03 Å². The molecule has 1 aliphatic carbocycles. The summed E-state index contributed by atoms with van der Waals surface area (Å²) in [5, 5.41) is -0.0564. The van der Waals surface area contributed by atoms with Crippen molar-refractivity contribution in [2.75, 3.05) is 6.61 Å². The van der Waals surface area contributed by atoms with Gasteiger partial charge in [-0.25, -0.2) is 0 Å². The number of rotatable bonds is 4. The lowest BCUT2D eigenvalue weighted by Crippen LogP contribution is -2.10. The molecule has 0 heterocycles. The molecule has 0 N–H and O–H groups in total. The van der Waals surface area contributed by atoms with Gasteiger partial charge in [0.05, 0.1) is 17.0 Å². The summed E-state index contributed by atoms with van der Waals surface area (Å²) in [6, 6.07) is 0. The normalized spacial score (nSPS) is 26.4. The van der Waals surface area contributed by atoms with Crippen LogP contribution in [0.4, 0.5) is 13.2 Å². The maximum Gasteiger partial charge on any atom is 0.422 e. The molecule has 114 valence electrons. The minimum absolute atomic E-state index is 0.0564. The summed E-state index contributed by atoms with van der Waals surface area (Å²) < 4.78 is 41.0. The lowest BCUT2D eigenvalue weighted by molar-refractivity contribution is -0.145. The maximum absolute atomic E-state index is 12.3. The minimum Gasteiger partial charge on any atom is -0.466 e. The third-order valence-corrected chi connectivity index (χ3v) is 4.24. The van der Waals surface area contributed by atoms with E-state index in [-0.39, 0.29) is 34.9 Å². The molecule has 0 bridgehead atoms. The van der Waals surface area contributed by atoms with Gasteiger partial charge in [0.1, 0.15) is 0 Å². The highest BCUT2D eigenvalue weighted by Gasteiger charge is 2.61. The molecule has 2 unspecified atom stereocenters. The molecule has 2 nitrogen and oxygen atoms in total. The molecule has 0 aliphatic heterocycles. The number of ether oxygens (including phenoxy) is 1. The topological polar surface area (TPSA) is 26.3 Å². The van der Waals surface area contributed by atoms with Gasteiger partial charge in [0.2, 0.25) is 0 Å². The van der Waals surface area contributed by atoms with E-state index in [2.05, 4.69) is 15.9 Å². The molecule has 0 saturated heterocycles. The number of halogens is 5. The van der Waals surface area contributed by atoms with Crippen molar-refractivity contribution in [1.29, 1.82) is 0 Å². The first kappa shape index (κ1) is 17.6. The second-order valence-corrected chi connectivity index (χ2v) is 6.41. The molecule has 2 atom stereocenters. The van der Waals surface area contributed by atoms with Crippen LogP contribution in [0.3, 0.4) is 0 Å². The number of allylic oxidation sites excluding steroid dienone is 4. The highest BCUT2D eigenvalue weighted by molar-refractivity contribution is 9.11. The van der Waals surface area contributed by atoms with Gasteiger partial charge in [-0.1, -0.05) is 31.5 Å². The second kappa shape index (κ2) is 6.10. The van der Waals surface area contributed by atoms with Crippen LogP contribution in [0.1, 0.15) is 20.8 Å². The van der Waals surface area contributed by atoms with Crippen molar-refractivity contribution >= 4 is 33.5 Å². The Morgan fingerprint density at radius 2 is 2.00 bits per heavy atom. The van der Waals surface area contributed by atoms with Crippen LogP contribution < -0.4 is 0 Å². The molecule has 0 radical (unpaired) electrons. The summed E-state index contributed by atoms with van der Waals surface area (Å²) in [7, 11) is 0. The van der Waals surface area contributed by atoms with Crippen molar-refractivity contribution in [2.24, 2.45) is 17.3 Å². The number of carbonyl (C=O) groups is 1. The molecule has 1 aliphatic rings. The zero-order chi connectivity index (χ0) is 15.7. The van der Waals surface area contributed by atoms with E-state index >= 15 is 0 Å². The molecule has 0 aromatic heterocycles. The summed E-state index contributed by atoms with van der Waals surface area (Å²) >= 11 is 8.22.